The molecule has 3 atom stereocenters. The molecule has 0 fully saturated rings. The van der Waals surface area contributed by atoms with Crippen molar-refractivity contribution in [3.63, 3.8) is 0 Å². The van der Waals surface area contributed by atoms with Crippen molar-refractivity contribution in [3.05, 3.63) is 0 Å². The van der Waals surface area contributed by atoms with Crippen molar-refractivity contribution in [2.24, 2.45) is 5.92 Å². The highest BCUT2D eigenvalue weighted by atomic mass is 16.3. The van der Waals surface area contributed by atoms with E-state index < -0.39 is 0 Å². The topological polar surface area (TPSA) is 23.5 Å². The summed E-state index contributed by atoms with van der Waals surface area (Å²) in [5.74, 6) is 0.410. The molecule has 1 N–H and O–H groups in total. The molecule has 0 aromatic rings. The van der Waals surface area contributed by atoms with E-state index in [1.165, 1.54) is 0 Å². The average Bonchev–Trinajstić information content (AvgIpc) is 2.22. The summed E-state index contributed by atoms with van der Waals surface area (Å²) in [5, 5.41) is 9.92. The summed E-state index contributed by atoms with van der Waals surface area (Å²) < 4.78 is 0. The third kappa shape index (κ3) is 4.43. The zero-order chi connectivity index (χ0) is 11.1. The van der Waals surface area contributed by atoms with E-state index in [9.17, 15) is 5.11 Å². The second-order valence-electron chi connectivity index (χ2n) is 4.30. The van der Waals surface area contributed by atoms with Gasteiger partial charge >= 0.3 is 0 Å². The third-order valence-corrected chi connectivity index (χ3v) is 3.34. The van der Waals surface area contributed by atoms with Crippen molar-refractivity contribution in [1.82, 2.24) is 4.90 Å². The lowest BCUT2D eigenvalue weighted by Gasteiger charge is -2.31. The maximum atomic E-state index is 9.92. The number of hydrogen-bond donors (Lipinski definition) is 1. The van der Waals surface area contributed by atoms with Gasteiger partial charge in [-0.15, -0.1) is 0 Å². The van der Waals surface area contributed by atoms with Gasteiger partial charge in [-0.05, 0) is 25.8 Å². The fourth-order valence-electron chi connectivity index (χ4n) is 1.57. The first-order valence-electron chi connectivity index (χ1n) is 5.98. The number of aliphatic hydroxyl groups is 1. The van der Waals surface area contributed by atoms with Crippen LogP contribution in [0.1, 0.15) is 47.5 Å². The van der Waals surface area contributed by atoms with Crippen LogP contribution in [0.3, 0.4) is 0 Å². The zero-order valence-electron chi connectivity index (χ0n) is 10.5. The maximum Gasteiger partial charge on any atom is 0.0692 e. The summed E-state index contributed by atoms with van der Waals surface area (Å²) in [6.45, 7) is 12.7. The first-order valence-corrected chi connectivity index (χ1v) is 5.98. The molecule has 0 aliphatic rings. The highest BCUT2D eigenvalue weighted by molar-refractivity contribution is 4.72. The van der Waals surface area contributed by atoms with E-state index in [0.717, 1.165) is 25.9 Å². The second kappa shape index (κ2) is 7.24. The van der Waals surface area contributed by atoms with Gasteiger partial charge in [0, 0.05) is 12.6 Å². The zero-order valence-corrected chi connectivity index (χ0v) is 10.5. The van der Waals surface area contributed by atoms with Crippen molar-refractivity contribution >= 4 is 0 Å². The highest BCUT2D eigenvalue weighted by Gasteiger charge is 2.18. The molecule has 0 aliphatic carbocycles. The molecular weight excluding hydrogens is 174 g/mol. The van der Waals surface area contributed by atoms with E-state index in [1.54, 1.807) is 0 Å². The lowest BCUT2D eigenvalue weighted by Crippen LogP contribution is -2.40. The van der Waals surface area contributed by atoms with Gasteiger partial charge < -0.3 is 5.11 Å². The fourth-order valence-corrected chi connectivity index (χ4v) is 1.57. The van der Waals surface area contributed by atoms with E-state index in [2.05, 4.69) is 39.5 Å². The summed E-state index contributed by atoms with van der Waals surface area (Å²) in [5.41, 5.74) is 0. The van der Waals surface area contributed by atoms with Crippen molar-refractivity contribution in [1.29, 1.82) is 0 Å². The number of likely N-dealkylation sites (N-methyl/N-ethyl adjacent to an activating group) is 1. The first-order chi connectivity index (χ1) is 6.56. The Labute approximate surface area is 89.3 Å². The number of rotatable bonds is 7. The molecule has 3 unspecified atom stereocenters. The summed E-state index contributed by atoms with van der Waals surface area (Å²) in [7, 11) is 0. The Balaban J connectivity index is 4.03. The Hall–Kier alpha value is -0.0800. The molecule has 0 bridgehead atoms. The summed E-state index contributed by atoms with van der Waals surface area (Å²) in [6.07, 6.45) is 2.04. The van der Waals surface area contributed by atoms with Crippen LogP contribution in [-0.4, -0.2) is 35.2 Å². The van der Waals surface area contributed by atoms with Crippen LogP contribution < -0.4 is 0 Å². The number of aliphatic hydroxyl groups excluding tert-OH is 1. The molecule has 0 aromatic heterocycles. The molecule has 0 aliphatic heterocycles. The van der Waals surface area contributed by atoms with Gasteiger partial charge in [-0.3, -0.25) is 4.90 Å². The molecule has 0 heterocycles. The molecule has 0 saturated carbocycles. The predicted octanol–water partition coefficient (Wildman–Crippen LogP) is 2.51. The monoisotopic (exact) mass is 201 g/mol. The van der Waals surface area contributed by atoms with Gasteiger partial charge in [-0.25, -0.2) is 0 Å². The molecule has 0 saturated heterocycles. The SMILES string of the molecule is CCC(C)C(O)CN(CC)C(C)CC. The quantitative estimate of drug-likeness (QED) is 0.684. The Bertz CT molecular complexity index is 138. The largest absolute Gasteiger partial charge is 0.392 e. The van der Waals surface area contributed by atoms with Crippen LogP contribution in [0.25, 0.3) is 0 Å². The lowest BCUT2D eigenvalue weighted by atomic mass is 10.0. The van der Waals surface area contributed by atoms with Crippen LogP contribution in [0.15, 0.2) is 0 Å². The van der Waals surface area contributed by atoms with Crippen LogP contribution in [0.4, 0.5) is 0 Å². The van der Waals surface area contributed by atoms with E-state index in [4.69, 9.17) is 0 Å². The fraction of sp³-hybridized carbons (Fsp3) is 1.00. The van der Waals surface area contributed by atoms with Gasteiger partial charge in [0.05, 0.1) is 6.10 Å². The highest BCUT2D eigenvalue weighted by Crippen LogP contribution is 2.11. The minimum atomic E-state index is -0.172. The molecule has 2 nitrogen and oxygen atoms in total. The Kier molecular flexibility index (Phi) is 7.20. The Morgan fingerprint density at radius 3 is 2.00 bits per heavy atom. The van der Waals surface area contributed by atoms with Crippen molar-refractivity contribution in [2.75, 3.05) is 13.1 Å². The van der Waals surface area contributed by atoms with Crippen molar-refractivity contribution in [3.8, 4) is 0 Å². The van der Waals surface area contributed by atoms with Gasteiger partial charge in [0.1, 0.15) is 0 Å². The standard InChI is InChI=1S/C12H27NO/c1-6-10(4)12(14)9-13(8-3)11(5)7-2/h10-12,14H,6-9H2,1-5H3. The Morgan fingerprint density at radius 1 is 1.07 bits per heavy atom. The second-order valence-corrected chi connectivity index (χ2v) is 4.30. The van der Waals surface area contributed by atoms with Gasteiger partial charge in [0.15, 0.2) is 0 Å². The molecule has 0 aromatic carbocycles. The summed E-state index contributed by atoms with van der Waals surface area (Å²) >= 11 is 0. The molecular formula is C12H27NO. The van der Waals surface area contributed by atoms with E-state index in [0.29, 0.717) is 12.0 Å². The van der Waals surface area contributed by atoms with Gasteiger partial charge in [-0.1, -0.05) is 34.1 Å². The van der Waals surface area contributed by atoms with Crippen LogP contribution in [0.5, 0.6) is 0 Å². The smallest absolute Gasteiger partial charge is 0.0692 e. The van der Waals surface area contributed by atoms with E-state index >= 15 is 0 Å². The molecule has 0 radical (unpaired) electrons. The summed E-state index contributed by atoms with van der Waals surface area (Å²) in [6, 6.07) is 0.582. The number of nitrogens with zero attached hydrogens (tertiary/aromatic N) is 1. The molecule has 0 amide bonds. The van der Waals surface area contributed by atoms with Gasteiger partial charge in [-0.2, -0.15) is 0 Å². The first kappa shape index (κ1) is 13.9. The van der Waals surface area contributed by atoms with Crippen LogP contribution >= 0.6 is 0 Å². The lowest BCUT2D eigenvalue weighted by molar-refractivity contribution is 0.0553. The van der Waals surface area contributed by atoms with E-state index in [-0.39, 0.29) is 6.10 Å². The van der Waals surface area contributed by atoms with Crippen LogP contribution in [0, 0.1) is 5.92 Å². The summed E-state index contributed by atoms with van der Waals surface area (Å²) in [4.78, 5) is 2.36. The average molecular weight is 201 g/mol. The minimum Gasteiger partial charge on any atom is -0.392 e. The van der Waals surface area contributed by atoms with Crippen molar-refractivity contribution in [2.45, 2.75) is 59.6 Å². The minimum absolute atomic E-state index is 0.172. The van der Waals surface area contributed by atoms with E-state index in [1.807, 2.05) is 0 Å². The number of hydrogen-bond acceptors (Lipinski definition) is 2. The van der Waals surface area contributed by atoms with Gasteiger partial charge in [0.25, 0.3) is 0 Å². The van der Waals surface area contributed by atoms with Gasteiger partial charge in [0.2, 0.25) is 0 Å². The third-order valence-electron chi connectivity index (χ3n) is 3.34. The molecule has 14 heavy (non-hydrogen) atoms. The van der Waals surface area contributed by atoms with Crippen molar-refractivity contribution < 1.29 is 5.11 Å². The Morgan fingerprint density at radius 2 is 1.64 bits per heavy atom. The molecule has 0 rings (SSSR count). The van der Waals surface area contributed by atoms with Crippen LogP contribution in [0.2, 0.25) is 0 Å². The normalized spacial score (nSPS) is 18.2. The molecule has 0 spiro atoms. The maximum absolute atomic E-state index is 9.92. The van der Waals surface area contributed by atoms with Crippen LogP contribution in [-0.2, 0) is 0 Å². The molecule has 2 heteroatoms. The predicted molar refractivity (Wildman–Crippen MR) is 62.5 cm³/mol. The molecule has 86 valence electrons.